The number of ether oxygens (including phenoxy) is 1. The van der Waals surface area contributed by atoms with E-state index in [4.69, 9.17) is 9.57 Å². The van der Waals surface area contributed by atoms with Crippen molar-refractivity contribution in [3.05, 3.63) is 71.3 Å². The van der Waals surface area contributed by atoms with Crippen molar-refractivity contribution >= 4 is 17.9 Å². The van der Waals surface area contributed by atoms with Crippen LogP contribution in [0.1, 0.15) is 66.3 Å². The number of fused-ring (bicyclic) bond motifs is 1. The van der Waals surface area contributed by atoms with Crippen molar-refractivity contribution in [2.45, 2.75) is 52.2 Å². The number of rotatable bonds is 9. The van der Waals surface area contributed by atoms with Gasteiger partial charge in [-0.2, -0.15) is 5.06 Å². The second kappa shape index (κ2) is 10.4. The maximum Gasteiger partial charge on any atom is 0.434 e. The van der Waals surface area contributed by atoms with Crippen molar-refractivity contribution in [2.24, 2.45) is 0 Å². The first kappa shape index (κ1) is 23.5. The lowest BCUT2D eigenvalue weighted by molar-refractivity contribution is -0.156. The van der Waals surface area contributed by atoms with Crippen molar-refractivity contribution < 1.29 is 24.0 Å². The summed E-state index contributed by atoms with van der Waals surface area (Å²) in [5.41, 5.74) is 1.24. The van der Waals surface area contributed by atoms with E-state index in [2.05, 4.69) is 0 Å². The Bertz CT molecular complexity index is 917. The average Bonchev–Trinajstić information content (AvgIpc) is 3.00. The molecule has 0 spiro atoms. The summed E-state index contributed by atoms with van der Waals surface area (Å²) in [5, 5.41) is 1.25. The summed E-state index contributed by atoms with van der Waals surface area (Å²) in [6.07, 6.45) is 1.49. The number of unbranched alkanes of at least 4 members (excludes halogenated alkanes) is 2. The molecule has 0 unspecified atom stereocenters. The number of nitrogens with zero attached hydrogens (tertiary/aromatic N) is 2. The average molecular weight is 439 g/mol. The van der Waals surface area contributed by atoms with Crippen molar-refractivity contribution in [3.8, 4) is 0 Å². The standard InChI is InChI=1S/C25H30N2O5/c1-25(2,3)32-24(30)27(31-18-19-12-6-4-7-13-19)17-11-5-10-16-26-22(28)20-14-8-9-15-21(20)23(26)29/h4,6-9,12-15H,5,10-11,16-18H2,1-3H3. The number of hydroxylamine groups is 2. The Kier molecular flexibility index (Phi) is 7.64. The number of imide groups is 1. The third-order valence-electron chi connectivity index (χ3n) is 4.95. The van der Waals surface area contributed by atoms with E-state index in [0.717, 1.165) is 12.0 Å². The van der Waals surface area contributed by atoms with Gasteiger partial charge < -0.3 is 4.74 Å². The molecule has 0 radical (unpaired) electrons. The van der Waals surface area contributed by atoms with Crippen LogP contribution in [0.5, 0.6) is 0 Å². The number of carbonyl (C=O) groups excluding carboxylic acids is 3. The topological polar surface area (TPSA) is 76.2 Å². The Morgan fingerprint density at radius 3 is 2.06 bits per heavy atom. The van der Waals surface area contributed by atoms with Gasteiger partial charge in [0.1, 0.15) is 12.2 Å². The van der Waals surface area contributed by atoms with Gasteiger partial charge in [0.25, 0.3) is 11.8 Å². The van der Waals surface area contributed by atoms with E-state index in [-0.39, 0.29) is 18.4 Å². The first-order chi connectivity index (χ1) is 15.3. The summed E-state index contributed by atoms with van der Waals surface area (Å²) in [5.74, 6) is -0.487. The summed E-state index contributed by atoms with van der Waals surface area (Å²) in [4.78, 5) is 44.4. The summed E-state index contributed by atoms with van der Waals surface area (Å²) in [7, 11) is 0. The Morgan fingerprint density at radius 1 is 0.875 bits per heavy atom. The summed E-state index contributed by atoms with van der Waals surface area (Å²) < 4.78 is 5.45. The number of carbonyl (C=O) groups is 3. The minimum atomic E-state index is -0.628. The molecule has 32 heavy (non-hydrogen) atoms. The van der Waals surface area contributed by atoms with Gasteiger partial charge >= 0.3 is 6.09 Å². The zero-order valence-electron chi connectivity index (χ0n) is 18.9. The lowest BCUT2D eigenvalue weighted by Crippen LogP contribution is -2.37. The SMILES string of the molecule is CC(C)(C)OC(=O)N(CCCCCN1C(=O)c2ccccc2C1=O)OCc1ccccc1. The molecule has 0 fully saturated rings. The van der Waals surface area contributed by atoms with E-state index in [1.165, 1.54) is 9.96 Å². The fraction of sp³-hybridized carbons (Fsp3) is 0.400. The zero-order chi connectivity index (χ0) is 23.1. The highest BCUT2D eigenvalue weighted by molar-refractivity contribution is 6.21. The highest BCUT2D eigenvalue weighted by atomic mass is 16.7. The van der Waals surface area contributed by atoms with Crippen LogP contribution in [0, 0.1) is 0 Å². The monoisotopic (exact) mass is 438 g/mol. The predicted molar refractivity (Wildman–Crippen MR) is 120 cm³/mol. The van der Waals surface area contributed by atoms with Crippen molar-refractivity contribution in [1.82, 2.24) is 9.96 Å². The highest BCUT2D eigenvalue weighted by Crippen LogP contribution is 2.23. The molecule has 0 bridgehead atoms. The molecule has 1 aliphatic heterocycles. The minimum Gasteiger partial charge on any atom is -0.442 e. The number of amides is 3. The second-order valence-corrected chi connectivity index (χ2v) is 8.71. The third-order valence-corrected chi connectivity index (χ3v) is 4.95. The van der Waals surface area contributed by atoms with Gasteiger partial charge in [-0.3, -0.25) is 19.3 Å². The molecule has 0 saturated heterocycles. The van der Waals surface area contributed by atoms with E-state index in [1.807, 2.05) is 51.1 Å². The Morgan fingerprint density at radius 2 is 1.47 bits per heavy atom. The lowest BCUT2D eigenvalue weighted by Gasteiger charge is -2.26. The van der Waals surface area contributed by atoms with E-state index in [1.54, 1.807) is 24.3 Å². The molecule has 7 heteroatoms. The molecule has 1 heterocycles. The van der Waals surface area contributed by atoms with Crippen LogP contribution in [0.4, 0.5) is 4.79 Å². The van der Waals surface area contributed by atoms with Crippen LogP contribution < -0.4 is 0 Å². The Hall–Kier alpha value is -3.19. The Labute approximate surface area is 188 Å². The molecule has 1 aliphatic rings. The van der Waals surface area contributed by atoms with Gasteiger partial charge in [0.15, 0.2) is 0 Å². The third kappa shape index (κ3) is 6.17. The lowest BCUT2D eigenvalue weighted by atomic mass is 10.1. The molecule has 7 nitrogen and oxygen atoms in total. The minimum absolute atomic E-state index is 0.243. The Balaban J connectivity index is 1.48. The van der Waals surface area contributed by atoms with Crippen LogP contribution >= 0.6 is 0 Å². The zero-order valence-corrected chi connectivity index (χ0v) is 18.9. The molecule has 0 N–H and O–H groups in total. The molecule has 0 saturated carbocycles. The van der Waals surface area contributed by atoms with Crippen LogP contribution in [0.25, 0.3) is 0 Å². The highest BCUT2D eigenvalue weighted by Gasteiger charge is 2.34. The van der Waals surface area contributed by atoms with E-state index < -0.39 is 11.7 Å². The quantitative estimate of drug-likeness (QED) is 0.319. The molecule has 170 valence electrons. The van der Waals surface area contributed by atoms with Crippen LogP contribution in [-0.4, -0.2) is 46.6 Å². The number of hydrogen-bond donors (Lipinski definition) is 0. The summed E-state index contributed by atoms with van der Waals surface area (Å²) >= 11 is 0. The van der Waals surface area contributed by atoms with Gasteiger partial charge in [0.05, 0.1) is 17.7 Å². The predicted octanol–water partition coefficient (Wildman–Crippen LogP) is 4.82. The van der Waals surface area contributed by atoms with E-state index in [0.29, 0.717) is 37.1 Å². The second-order valence-electron chi connectivity index (χ2n) is 8.71. The fourth-order valence-electron chi connectivity index (χ4n) is 3.39. The number of benzene rings is 2. The summed E-state index contributed by atoms with van der Waals surface area (Å²) in [6.45, 7) is 6.38. The van der Waals surface area contributed by atoms with E-state index >= 15 is 0 Å². The number of hydrogen-bond acceptors (Lipinski definition) is 5. The molecule has 0 aliphatic carbocycles. The molecular formula is C25H30N2O5. The van der Waals surface area contributed by atoms with Gasteiger partial charge in [0.2, 0.25) is 0 Å². The first-order valence-electron chi connectivity index (χ1n) is 10.9. The van der Waals surface area contributed by atoms with Crippen molar-refractivity contribution in [1.29, 1.82) is 0 Å². The molecule has 2 aromatic rings. The largest absolute Gasteiger partial charge is 0.442 e. The molecule has 2 aromatic carbocycles. The van der Waals surface area contributed by atoms with Gasteiger partial charge in [-0.25, -0.2) is 4.79 Å². The molecule has 0 aromatic heterocycles. The van der Waals surface area contributed by atoms with Crippen molar-refractivity contribution in [2.75, 3.05) is 13.1 Å². The molecule has 3 amide bonds. The van der Waals surface area contributed by atoms with Gasteiger partial charge in [0, 0.05) is 6.54 Å². The fourth-order valence-corrected chi connectivity index (χ4v) is 3.39. The normalized spacial score (nSPS) is 13.3. The maximum absolute atomic E-state index is 12.5. The summed E-state index contributed by atoms with van der Waals surface area (Å²) in [6, 6.07) is 16.5. The molecular weight excluding hydrogens is 408 g/mol. The smallest absolute Gasteiger partial charge is 0.434 e. The van der Waals surface area contributed by atoms with Crippen LogP contribution in [0.15, 0.2) is 54.6 Å². The molecule has 3 rings (SSSR count). The van der Waals surface area contributed by atoms with Crippen LogP contribution in [0.3, 0.4) is 0 Å². The van der Waals surface area contributed by atoms with Crippen LogP contribution in [0.2, 0.25) is 0 Å². The van der Waals surface area contributed by atoms with Gasteiger partial charge in [-0.1, -0.05) is 42.5 Å². The van der Waals surface area contributed by atoms with Crippen molar-refractivity contribution in [3.63, 3.8) is 0 Å². The maximum atomic E-state index is 12.5. The van der Waals surface area contributed by atoms with Crippen LogP contribution in [-0.2, 0) is 16.2 Å². The van der Waals surface area contributed by atoms with E-state index in [9.17, 15) is 14.4 Å². The first-order valence-corrected chi connectivity index (χ1v) is 10.9. The van der Waals surface area contributed by atoms with Gasteiger partial charge in [-0.15, -0.1) is 0 Å². The van der Waals surface area contributed by atoms with Gasteiger partial charge in [-0.05, 0) is 57.7 Å². The molecule has 0 atom stereocenters.